The van der Waals surface area contributed by atoms with Crippen molar-refractivity contribution in [1.29, 1.82) is 5.26 Å². The largest absolute Gasteiger partial charge is 0.377 e. The maximum Gasteiger partial charge on any atom is 0.179 e. The Bertz CT molecular complexity index is 547. The summed E-state index contributed by atoms with van der Waals surface area (Å²) in [5, 5.41) is 11.7. The summed E-state index contributed by atoms with van der Waals surface area (Å²) in [7, 11) is -3.31. The average Bonchev–Trinajstić information content (AvgIpc) is 2.44. The molecule has 0 saturated carbocycles. The number of ether oxygens (including phenoxy) is 1. The second-order valence-corrected chi connectivity index (χ2v) is 6.53. The van der Waals surface area contributed by atoms with Crippen molar-refractivity contribution in [3.8, 4) is 6.07 Å². The predicted octanol–water partition coefficient (Wildman–Crippen LogP) is 1.35. The molecule has 110 valence electrons. The average molecular weight is 296 g/mol. The molecule has 0 aliphatic heterocycles. The molecule has 1 atom stereocenters. The van der Waals surface area contributed by atoms with Gasteiger partial charge in [0.15, 0.2) is 9.84 Å². The zero-order chi connectivity index (χ0) is 15.0. The third-order valence-electron chi connectivity index (χ3n) is 2.77. The van der Waals surface area contributed by atoms with Gasteiger partial charge in [0.05, 0.1) is 28.4 Å². The number of nitriles is 1. The fraction of sp³-hybridized carbons (Fsp3) is 0.500. The van der Waals surface area contributed by atoms with Crippen LogP contribution in [0.15, 0.2) is 29.2 Å². The molecule has 0 aliphatic carbocycles. The van der Waals surface area contributed by atoms with E-state index in [9.17, 15) is 8.42 Å². The smallest absolute Gasteiger partial charge is 0.179 e. The summed E-state index contributed by atoms with van der Waals surface area (Å²) in [5.41, 5.74) is 0.451. The number of hydrogen-bond acceptors (Lipinski definition) is 5. The van der Waals surface area contributed by atoms with Gasteiger partial charge in [-0.25, -0.2) is 8.42 Å². The molecule has 0 heterocycles. The molecule has 0 fully saturated rings. The van der Waals surface area contributed by atoms with E-state index in [0.29, 0.717) is 25.3 Å². The minimum absolute atomic E-state index is 0.0255. The van der Waals surface area contributed by atoms with E-state index in [1.807, 2.05) is 19.9 Å². The monoisotopic (exact) mass is 296 g/mol. The van der Waals surface area contributed by atoms with Crippen molar-refractivity contribution >= 4 is 9.84 Å². The van der Waals surface area contributed by atoms with Gasteiger partial charge in [0.1, 0.15) is 0 Å². The van der Waals surface area contributed by atoms with Crippen molar-refractivity contribution in [2.45, 2.75) is 24.8 Å². The van der Waals surface area contributed by atoms with Gasteiger partial charge < -0.3 is 10.1 Å². The molecule has 0 saturated heterocycles. The van der Waals surface area contributed by atoms with E-state index in [2.05, 4.69) is 5.32 Å². The Kier molecular flexibility index (Phi) is 6.65. The summed E-state index contributed by atoms with van der Waals surface area (Å²) in [4.78, 5) is 0.246. The summed E-state index contributed by atoms with van der Waals surface area (Å²) in [6, 6.07) is 7.92. The summed E-state index contributed by atoms with van der Waals surface area (Å²) >= 11 is 0. The molecular formula is C14H20N2O3S. The van der Waals surface area contributed by atoms with Crippen molar-refractivity contribution in [2.24, 2.45) is 0 Å². The molecule has 0 aliphatic rings. The Balaban J connectivity index is 2.47. The van der Waals surface area contributed by atoms with E-state index < -0.39 is 9.84 Å². The Morgan fingerprint density at radius 2 is 2.00 bits per heavy atom. The van der Waals surface area contributed by atoms with E-state index in [1.165, 1.54) is 24.3 Å². The number of rotatable bonds is 8. The number of benzene rings is 1. The normalized spacial score (nSPS) is 12.8. The zero-order valence-electron chi connectivity index (χ0n) is 11.8. The summed E-state index contributed by atoms with van der Waals surface area (Å²) in [6.07, 6.45) is 0.0672. The molecule has 0 radical (unpaired) electrons. The van der Waals surface area contributed by atoms with E-state index in [0.717, 1.165) is 0 Å². The fourth-order valence-electron chi connectivity index (χ4n) is 1.71. The minimum atomic E-state index is -3.31. The molecule has 0 bridgehead atoms. The van der Waals surface area contributed by atoms with Gasteiger partial charge in [0.2, 0.25) is 0 Å². The Hall–Kier alpha value is -1.42. The highest BCUT2D eigenvalue weighted by Gasteiger charge is 2.13. The van der Waals surface area contributed by atoms with Gasteiger partial charge >= 0.3 is 0 Å². The Morgan fingerprint density at radius 1 is 1.35 bits per heavy atom. The van der Waals surface area contributed by atoms with Gasteiger partial charge in [0, 0.05) is 19.7 Å². The second-order valence-electron chi connectivity index (χ2n) is 4.43. The molecule has 0 aromatic heterocycles. The number of nitrogens with zero attached hydrogens (tertiary/aromatic N) is 1. The number of sulfone groups is 1. The Morgan fingerprint density at radius 3 is 2.55 bits per heavy atom. The van der Waals surface area contributed by atoms with Crippen LogP contribution in [0.1, 0.15) is 19.4 Å². The van der Waals surface area contributed by atoms with Crippen LogP contribution in [0.4, 0.5) is 0 Å². The highest BCUT2D eigenvalue weighted by molar-refractivity contribution is 7.91. The first-order chi connectivity index (χ1) is 9.49. The van der Waals surface area contributed by atoms with Gasteiger partial charge in [-0.2, -0.15) is 5.26 Å². The minimum Gasteiger partial charge on any atom is -0.377 e. The Labute approximate surface area is 120 Å². The van der Waals surface area contributed by atoms with E-state index in [4.69, 9.17) is 10.00 Å². The van der Waals surface area contributed by atoms with Crippen LogP contribution in [-0.4, -0.2) is 40.0 Å². The van der Waals surface area contributed by atoms with Crippen LogP contribution < -0.4 is 5.32 Å². The third kappa shape index (κ3) is 5.29. The first-order valence-electron chi connectivity index (χ1n) is 6.55. The topological polar surface area (TPSA) is 79.2 Å². The zero-order valence-corrected chi connectivity index (χ0v) is 12.6. The molecule has 6 heteroatoms. The number of hydrogen-bond donors (Lipinski definition) is 1. The molecule has 1 aromatic rings. The van der Waals surface area contributed by atoms with Crippen LogP contribution in [0.3, 0.4) is 0 Å². The molecule has 20 heavy (non-hydrogen) atoms. The van der Waals surface area contributed by atoms with Crippen LogP contribution in [0.5, 0.6) is 0 Å². The number of nitrogens with one attached hydrogen (secondary N) is 1. The molecule has 0 amide bonds. The summed E-state index contributed by atoms with van der Waals surface area (Å²) < 4.78 is 29.4. The van der Waals surface area contributed by atoms with E-state index in [1.54, 1.807) is 0 Å². The van der Waals surface area contributed by atoms with Crippen molar-refractivity contribution in [3.05, 3.63) is 29.8 Å². The lowest BCUT2D eigenvalue weighted by molar-refractivity contribution is 0.0766. The highest BCUT2D eigenvalue weighted by atomic mass is 32.2. The standard InChI is InChI=1S/C14H20N2O3S/c1-3-19-12(2)11-16-8-9-20(17,18)14-6-4-13(10-15)5-7-14/h4-7,12,16H,3,8-9,11H2,1-2H3. The van der Waals surface area contributed by atoms with Crippen LogP contribution in [0, 0.1) is 11.3 Å². The molecule has 0 spiro atoms. The van der Waals surface area contributed by atoms with Crippen LogP contribution in [-0.2, 0) is 14.6 Å². The first-order valence-corrected chi connectivity index (χ1v) is 8.20. The van der Waals surface area contributed by atoms with Gasteiger partial charge in [-0.05, 0) is 38.1 Å². The van der Waals surface area contributed by atoms with E-state index >= 15 is 0 Å². The molecule has 1 unspecified atom stereocenters. The molecule has 1 aromatic carbocycles. The van der Waals surface area contributed by atoms with Crippen molar-refractivity contribution in [3.63, 3.8) is 0 Å². The van der Waals surface area contributed by atoms with Crippen molar-refractivity contribution < 1.29 is 13.2 Å². The van der Waals surface area contributed by atoms with Crippen LogP contribution >= 0.6 is 0 Å². The predicted molar refractivity (Wildman–Crippen MR) is 77.2 cm³/mol. The molecule has 5 nitrogen and oxygen atoms in total. The van der Waals surface area contributed by atoms with E-state index in [-0.39, 0.29) is 16.8 Å². The van der Waals surface area contributed by atoms with Gasteiger partial charge in [0.25, 0.3) is 0 Å². The maximum atomic E-state index is 12.0. The molecular weight excluding hydrogens is 276 g/mol. The van der Waals surface area contributed by atoms with Gasteiger partial charge in [-0.1, -0.05) is 0 Å². The molecule has 1 rings (SSSR count). The summed E-state index contributed by atoms with van der Waals surface area (Å²) in [5.74, 6) is 0.0255. The third-order valence-corrected chi connectivity index (χ3v) is 4.51. The fourth-order valence-corrected chi connectivity index (χ4v) is 2.91. The maximum absolute atomic E-state index is 12.0. The second kappa shape index (κ2) is 8.00. The summed E-state index contributed by atoms with van der Waals surface area (Å²) in [6.45, 7) is 5.50. The molecule has 1 N–H and O–H groups in total. The van der Waals surface area contributed by atoms with Crippen molar-refractivity contribution in [1.82, 2.24) is 5.32 Å². The van der Waals surface area contributed by atoms with Gasteiger partial charge in [-0.15, -0.1) is 0 Å². The lowest BCUT2D eigenvalue weighted by Crippen LogP contribution is -2.30. The quantitative estimate of drug-likeness (QED) is 0.732. The highest BCUT2D eigenvalue weighted by Crippen LogP contribution is 2.11. The SMILES string of the molecule is CCOC(C)CNCCS(=O)(=O)c1ccc(C#N)cc1. The van der Waals surface area contributed by atoms with Crippen molar-refractivity contribution in [2.75, 3.05) is 25.4 Å². The van der Waals surface area contributed by atoms with Crippen LogP contribution in [0.25, 0.3) is 0 Å². The van der Waals surface area contributed by atoms with Gasteiger partial charge in [-0.3, -0.25) is 0 Å². The van der Waals surface area contributed by atoms with Crippen LogP contribution in [0.2, 0.25) is 0 Å². The lowest BCUT2D eigenvalue weighted by Gasteiger charge is -2.12. The lowest BCUT2D eigenvalue weighted by atomic mass is 10.2. The first kappa shape index (κ1) is 16.6.